The number of cyclic esters (lactones) is 2. The minimum absolute atomic E-state index is 0.0695. The van der Waals surface area contributed by atoms with E-state index in [1.807, 2.05) is 0 Å². The van der Waals surface area contributed by atoms with Gasteiger partial charge in [-0.05, 0) is 18.9 Å². The van der Waals surface area contributed by atoms with Gasteiger partial charge in [0.25, 0.3) is 5.79 Å². The third kappa shape index (κ3) is 2.13. The average molecular weight is 223 g/mol. The molecule has 0 aromatic rings. The van der Waals surface area contributed by atoms with Gasteiger partial charge in [0.1, 0.15) is 5.57 Å². The Morgan fingerprint density at radius 2 is 1.88 bits per heavy atom. The van der Waals surface area contributed by atoms with E-state index in [1.165, 1.54) is 19.9 Å². The Hall–Kier alpha value is -1.65. The summed E-state index contributed by atoms with van der Waals surface area (Å²) in [4.78, 5) is 27.3. The second-order valence-electron chi connectivity index (χ2n) is 4.21. The number of allylic oxidation sites excluding steroid dienone is 1. The summed E-state index contributed by atoms with van der Waals surface area (Å²) < 4.78 is 9.92. The first-order chi connectivity index (χ1) is 7.48. The zero-order chi connectivity index (χ0) is 11.8. The van der Waals surface area contributed by atoms with E-state index in [0.29, 0.717) is 0 Å². The Labute approximate surface area is 93.1 Å². The standard InChI is InChI=1S/C11H13NO4/c1-11(2)15-9(13)8(10(14)16-11)6-7-4-3-5-12-7/h6H,3-5H2,1-2H3. The van der Waals surface area contributed by atoms with Crippen molar-refractivity contribution in [3.63, 3.8) is 0 Å². The summed E-state index contributed by atoms with van der Waals surface area (Å²) in [6, 6.07) is 0. The highest BCUT2D eigenvalue weighted by Gasteiger charge is 2.39. The van der Waals surface area contributed by atoms with Crippen molar-refractivity contribution in [2.45, 2.75) is 32.5 Å². The van der Waals surface area contributed by atoms with Gasteiger partial charge in [0.15, 0.2) is 0 Å². The van der Waals surface area contributed by atoms with Gasteiger partial charge in [-0.15, -0.1) is 0 Å². The van der Waals surface area contributed by atoms with Crippen molar-refractivity contribution in [2.24, 2.45) is 4.99 Å². The number of nitrogens with zero attached hydrogens (tertiary/aromatic N) is 1. The lowest BCUT2D eigenvalue weighted by atomic mass is 10.1. The molecular weight excluding hydrogens is 210 g/mol. The van der Waals surface area contributed by atoms with Crippen LogP contribution in [-0.2, 0) is 19.1 Å². The maximum absolute atomic E-state index is 11.6. The van der Waals surface area contributed by atoms with Gasteiger partial charge >= 0.3 is 11.9 Å². The lowest BCUT2D eigenvalue weighted by Crippen LogP contribution is -2.42. The Morgan fingerprint density at radius 3 is 2.38 bits per heavy atom. The first kappa shape index (κ1) is 10.9. The van der Waals surface area contributed by atoms with E-state index in [-0.39, 0.29) is 5.57 Å². The van der Waals surface area contributed by atoms with Gasteiger partial charge in [-0.3, -0.25) is 4.99 Å². The quantitative estimate of drug-likeness (QED) is 0.377. The fourth-order valence-corrected chi connectivity index (χ4v) is 1.62. The SMILES string of the molecule is CC1(C)OC(=O)C(=CC2=NCCC2)C(=O)O1. The maximum Gasteiger partial charge on any atom is 0.348 e. The van der Waals surface area contributed by atoms with E-state index in [0.717, 1.165) is 25.1 Å². The van der Waals surface area contributed by atoms with E-state index in [9.17, 15) is 9.59 Å². The van der Waals surface area contributed by atoms with Crippen molar-refractivity contribution >= 4 is 17.7 Å². The van der Waals surface area contributed by atoms with Gasteiger partial charge in [-0.2, -0.15) is 0 Å². The number of carbonyl (C=O) groups is 2. The first-order valence-electron chi connectivity index (χ1n) is 5.20. The number of rotatable bonds is 1. The zero-order valence-electron chi connectivity index (χ0n) is 9.28. The summed E-state index contributed by atoms with van der Waals surface area (Å²) in [5.74, 6) is -2.46. The monoisotopic (exact) mass is 223 g/mol. The lowest BCUT2D eigenvalue weighted by Gasteiger charge is -2.29. The molecule has 2 aliphatic rings. The van der Waals surface area contributed by atoms with Crippen LogP contribution in [-0.4, -0.2) is 30.0 Å². The van der Waals surface area contributed by atoms with Gasteiger partial charge in [0.2, 0.25) is 0 Å². The van der Waals surface area contributed by atoms with Crippen LogP contribution in [0.3, 0.4) is 0 Å². The van der Waals surface area contributed by atoms with Crippen molar-refractivity contribution in [3.8, 4) is 0 Å². The summed E-state index contributed by atoms with van der Waals surface area (Å²) in [5, 5.41) is 0. The largest absolute Gasteiger partial charge is 0.419 e. The van der Waals surface area contributed by atoms with Crippen LogP contribution in [0.1, 0.15) is 26.7 Å². The molecule has 0 radical (unpaired) electrons. The molecule has 2 heterocycles. The topological polar surface area (TPSA) is 65.0 Å². The third-order valence-corrected chi connectivity index (χ3v) is 2.33. The molecule has 0 saturated carbocycles. The fourth-order valence-electron chi connectivity index (χ4n) is 1.62. The van der Waals surface area contributed by atoms with Gasteiger partial charge in [-0.1, -0.05) is 0 Å². The summed E-state index contributed by atoms with van der Waals surface area (Å²) in [6.45, 7) is 3.79. The van der Waals surface area contributed by atoms with Crippen LogP contribution in [0.5, 0.6) is 0 Å². The number of hydrogen-bond acceptors (Lipinski definition) is 5. The molecule has 0 amide bonds. The van der Waals surface area contributed by atoms with Crippen LogP contribution in [0.25, 0.3) is 0 Å². The molecular formula is C11H13NO4. The molecule has 2 rings (SSSR count). The normalized spacial score (nSPS) is 23.6. The highest BCUT2D eigenvalue weighted by molar-refractivity contribution is 6.19. The Bertz CT molecular complexity index is 384. The Kier molecular flexibility index (Phi) is 2.53. The van der Waals surface area contributed by atoms with E-state index in [1.54, 1.807) is 0 Å². The molecule has 5 nitrogen and oxygen atoms in total. The fraction of sp³-hybridized carbons (Fsp3) is 0.545. The molecule has 0 aromatic carbocycles. The maximum atomic E-state index is 11.6. The molecule has 1 saturated heterocycles. The van der Waals surface area contributed by atoms with E-state index >= 15 is 0 Å². The predicted octanol–water partition coefficient (Wildman–Crippen LogP) is 0.984. The number of hydrogen-bond donors (Lipinski definition) is 0. The second kappa shape index (κ2) is 3.73. The highest BCUT2D eigenvalue weighted by Crippen LogP contribution is 2.23. The first-order valence-corrected chi connectivity index (χ1v) is 5.20. The molecule has 0 unspecified atom stereocenters. The van der Waals surface area contributed by atoms with Gasteiger partial charge < -0.3 is 9.47 Å². The van der Waals surface area contributed by atoms with Crippen LogP contribution in [0.4, 0.5) is 0 Å². The minimum Gasteiger partial charge on any atom is -0.419 e. The molecule has 0 N–H and O–H groups in total. The van der Waals surface area contributed by atoms with Gasteiger partial charge in [-0.25, -0.2) is 9.59 Å². The van der Waals surface area contributed by atoms with Crippen molar-refractivity contribution in [1.82, 2.24) is 0 Å². The van der Waals surface area contributed by atoms with Gasteiger partial charge in [0.05, 0.1) is 0 Å². The van der Waals surface area contributed by atoms with Crippen LogP contribution in [0.15, 0.2) is 16.6 Å². The zero-order valence-corrected chi connectivity index (χ0v) is 9.28. The van der Waals surface area contributed by atoms with Crippen LogP contribution in [0, 0.1) is 0 Å². The van der Waals surface area contributed by atoms with Crippen molar-refractivity contribution in [3.05, 3.63) is 11.6 Å². The van der Waals surface area contributed by atoms with Crippen LogP contribution in [0.2, 0.25) is 0 Å². The number of carbonyl (C=O) groups excluding carboxylic acids is 2. The van der Waals surface area contributed by atoms with Crippen LogP contribution < -0.4 is 0 Å². The highest BCUT2D eigenvalue weighted by atomic mass is 16.7. The third-order valence-electron chi connectivity index (χ3n) is 2.33. The average Bonchev–Trinajstić information content (AvgIpc) is 2.62. The molecule has 86 valence electrons. The molecule has 0 aromatic heterocycles. The molecule has 0 spiro atoms. The molecule has 16 heavy (non-hydrogen) atoms. The van der Waals surface area contributed by atoms with Crippen molar-refractivity contribution < 1.29 is 19.1 Å². The van der Waals surface area contributed by atoms with Crippen molar-refractivity contribution in [1.29, 1.82) is 0 Å². The van der Waals surface area contributed by atoms with Crippen LogP contribution >= 0.6 is 0 Å². The summed E-state index contributed by atoms with van der Waals surface area (Å²) in [6.07, 6.45) is 3.20. The smallest absolute Gasteiger partial charge is 0.348 e. The molecule has 0 atom stereocenters. The summed E-state index contributed by atoms with van der Waals surface area (Å²) in [5.41, 5.74) is 0.684. The summed E-state index contributed by atoms with van der Waals surface area (Å²) >= 11 is 0. The predicted molar refractivity (Wildman–Crippen MR) is 55.9 cm³/mol. The van der Waals surface area contributed by atoms with E-state index < -0.39 is 17.7 Å². The van der Waals surface area contributed by atoms with E-state index in [4.69, 9.17) is 9.47 Å². The minimum atomic E-state index is -1.18. The molecule has 1 fully saturated rings. The van der Waals surface area contributed by atoms with E-state index in [2.05, 4.69) is 4.99 Å². The van der Waals surface area contributed by atoms with Crippen molar-refractivity contribution in [2.75, 3.05) is 6.54 Å². The van der Waals surface area contributed by atoms with Gasteiger partial charge in [0, 0.05) is 26.1 Å². The molecule has 0 aliphatic carbocycles. The molecule has 5 heteroatoms. The Morgan fingerprint density at radius 1 is 1.25 bits per heavy atom. The lowest BCUT2D eigenvalue weighted by molar-refractivity contribution is -0.222. The molecule has 2 aliphatic heterocycles. The second-order valence-corrected chi connectivity index (χ2v) is 4.21. The molecule has 0 bridgehead atoms. The number of ether oxygens (including phenoxy) is 2. The number of aliphatic imine (C=N–C) groups is 1. The number of esters is 2. The summed E-state index contributed by atoms with van der Waals surface area (Å²) in [7, 11) is 0. The Balaban J connectivity index is 2.22.